The van der Waals surface area contributed by atoms with Crippen LogP contribution in [0, 0.1) is 6.92 Å². The van der Waals surface area contributed by atoms with Crippen LogP contribution in [0.4, 0.5) is 8.78 Å². The van der Waals surface area contributed by atoms with Crippen LogP contribution in [0.1, 0.15) is 15.9 Å². The predicted molar refractivity (Wildman–Crippen MR) is 64.9 cm³/mol. The SMILES string of the molecule is Cc1cnc2c(OCC(F)F)cc(C(=O)O)cc2c1. The lowest BCUT2D eigenvalue weighted by Crippen LogP contribution is -2.08. The second-order valence-electron chi connectivity index (χ2n) is 4.07. The number of halogens is 2. The first kappa shape index (κ1) is 13.2. The van der Waals surface area contributed by atoms with E-state index in [2.05, 4.69) is 4.98 Å². The number of aromatic nitrogens is 1. The third-order valence-corrected chi connectivity index (χ3v) is 2.50. The smallest absolute Gasteiger partial charge is 0.335 e. The molecule has 0 aliphatic heterocycles. The molecule has 0 amide bonds. The summed E-state index contributed by atoms with van der Waals surface area (Å²) in [6, 6.07) is 4.37. The zero-order valence-electron chi connectivity index (χ0n) is 10.1. The van der Waals surface area contributed by atoms with E-state index in [4.69, 9.17) is 9.84 Å². The Bertz CT molecular complexity index is 629. The molecule has 0 fully saturated rings. The third-order valence-electron chi connectivity index (χ3n) is 2.50. The van der Waals surface area contributed by atoms with Crippen molar-refractivity contribution in [3.05, 3.63) is 35.5 Å². The van der Waals surface area contributed by atoms with Gasteiger partial charge < -0.3 is 9.84 Å². The van der Waals surface area contributed by atoms with Gasteiger partial charge in [-0.15, -0.1) is 0 Å². The van der Waals surface area contributed by atoms with Gasteiger partial charge in [0.15, 0.2) is 0 Å². The summed E-state index contributed by atoms with van der Waals surface area (Å²) in [6.45, 7) is 1.01. The molecule has 4 nitrogen and oxygen atoms in total. The molecule has 0 radical (unpaired) electrons. The summed E-state index contributed by atoms with van der Waals surface area (Å²) in [7, 11) is 0. The minimum absolute atomic E-state index is 0.0239. The summed E-state index contributed by atoms with van der Waals surface area (Å²) in [5.41, 5.74) is 1.19. The van der Waals surface area contributed by atoms with E-state index >= 15 is 0 Å². The minimum atomic E-state index is -2.63. The van der Waals surface area contributed by atoms with Crippen LogP contribution in [-0.2, 0) is 0 Å². The number of rotatable bonds is 4. The first-order chi connectivity index (χ1) is 8.97. The number of aromatic carboxylic acids is 1. The van der Waals surface area contributed by atoms with Crippen molar-refractivity contribution in [3.63, 3.8) is 0 Å². The van der Waals surface area contributed by atoms with Gasteiger partial charge in [-0.25, -0.2) is 13.6 Å². The minimum Gasteiger partial charge on any atom is -0.485 e. The number of ether oxygens (including phenoxy) is 1. The summed E-state index contributed by atoms with van der Waals surface area (Å²) in [5.74, 6) is -1.10. The van der Waals surface area contributed by atoms with E-state index in [0.29, 0.717) is 10.9 Å². The van der Waals surface area contributed by atoms with Crippen molar-refractivity contribution in [1.82, 2.24) is 4.98 Å². The van der Waals surface area contributed by atoms with Crippen molar-refractivity contribution >= 4 is 16.9 Å². The Labute approximate surface area is 107 Å². The predicted octanol–water partition coefficient (Wildman–Crippen LogP) is 2.89. The van der Waals surface area contributed by atoms with E-state index in [-0.39, 0.29) is 11.3 Å². The molecule has 1 aromatic carbocycles. The molecule has 1 N–H and O–H groups in total. The lowest BCUT2D eigenvalue weighted by atomic mass is 10.1. The number of carboxylic acids is 1. The number of hydrogen-bond acceptors (Lipinski definition) is 3. The molecule has 1 heterocycles. The normalized spacial score (nSPS) is 10.9. The van der Waals surface area contributed by atoms with Crippen LogP contribution in [0.5, 0.6) is 5.75 Å². The Hall–Kier alpha value is -2.24. The van der Waals surface area contributed by atoms with Crippen LogP contribution < -0.4 is 4.74 Å². The monoisotopic (exact) mass is 267 g/mol. The number of benzene rings is 1. The van der Waals surface area contributed by atoms with E-state index in [0.717, 1.165) is 5.56 Å². The Morgan fingerprint density at radius 3 is 2.79 bits per heavy atom. The lowest BCUT2D eigenvalue weighted by Gasteiger charge is -2.10. The van der Waals surface area contributed by atoms with Crippen LogP contribution in [0.2, 0.25) is 0 Å². The van der Waals surface area contributed by atoms with Gasteiger partial charge in [0.25, 0.3) is 6.43 Å². The number of fused-ring (bicyclic) bond motifs is 1. The summed E-state index contributed by atoms with van der Waals surface area (Å²) in [6.07, 6.45) is -1.06. The fraction of sp³-hybridized carbons (Fsp3) is 0.231. The fourth-order valence-electron chi connectivity index (χ4n) is 1.71. The van der Waals surface area contributed by atoms with Gasteiger partial charge in [-0.05, 0) is 30.7 Å². The van der Waals surface area contributed by atoms with Crippen LogP contribution in [0.25, 0.3) is 10.9 Å². The number of nitrogens with zero attached hydrogens (tertiary/aromatic N) is 1. The average molecular weight is 267 g/mol. The maximum Gasteiger partial charge on any atom is 0.335 e. The molecule has 0 bridgehead atoms. The van der Waals surface area contributed by atoms with Crippen molar-refractivity contribution in [2.45, 2.75) is 13.3 Å². The summed E-state index contributed by atoms with van der Waals surface area (Å²) in [5, 5.41) is 9.54. The number of alkyl halides is 2. The van der Waals surface area contributed by atoms with Crippen LogP contribution >= 0.6 is 0 Å². The van der Waals surface area contributed by atoms with E-state index in [1.807, 2.05) is 0 Å². The molecule has 6 heteroatoms. The van der Waals surface area contributed by atoms with Crippen molar-refractivity contribution < 1.29 is 23.4 Å². The Balaban J connectivity index is 2.55. The second-order valence-corrected chi connectivity index (χ2v) is 4.07. The van der Waals surface area contributed by atoms with Gasteiger partial charge >= 0.3 is 5.97 Å². The number of pyridine rings is 1. The first-order valence-corrected chi connectivity index (χ1v) is 5.52. The van der Waals surface area contributed by atoms with E-state index in [1.165, 1.54) is 12.1 Å². The molecule has 2 rings (SSSR count). The van der Waals surface area contributed by atoms with Crippen molar-refractivity contribution in [3.8, 4) is 5.75 Å². The molecule has 0 spiro atoms. The molecule has 1 aromatic heterocycles. The van der Waals surface area contributed by atoms with Gasteiger partial charge in [-0.1, -0.05) is 0 Å². The van der Waals surface area contributed by atoms with Crippen molar-refractivity contribution in [2.24, 2.45) is 0 Å². The van der Waals surface area contributed by atoms with Crippen LogP contribution in [0.3, 0.4) is 0 Å². The average Bonchev–Trinajstić information content (AvgIpc) is 2.34. The van der Waals surface area contributed by atoms with Crippen molar-refractivity contribution in [2.75, 3.05) is 6.61 Å². The number of carbonyl (C=O) groups is 1. The quantitative estimate of drug-likeness (QED) is 0.925. The summed E-state index contributed by atoms with van der Waals surface area (Å²) < 4.78 is 29.3. The van der Waals surface area contributed by atoms with E-state index < -0.39 is 19.0 Å². The highest BCUT2D eigenvalue weighted by atomic mass is 19.3. The first-order valence-electron chi connectivity index (χ1n) is 5.52. The Morgan fingerprint density at radius 2 is 2.16 bits per heavy atom. The van der Waals surface area contributed by atoms with Gasteiger partial charge in [0.05, 0.1) is 5.56 Å². The van der Waals surface area contributed by atoms with Crippen molar-refractivity contribution in [1.29, 1.82) is 0 Å². The zero-order chi connectivity index (χ0) is 14.0. The van der Waals surface area contributed by atoms with Gasteiger partial charge in [-0.2, -0.15) is 0 Å². The molecule has 0 saturated carbocycles. The number of hydrogen-bond donors (Lipinski definition) is 1. The summed E-state index contributed by atoms with van der Waals surface area (Å²) >= 11 is 0. The Kier molecular flexibility index (Phi) is 3.59. The molecular formula is C13H11F2NO3. The van der Waals surface area contributed by atoms with E-state index in [1.54, 1.807) is 19.2 Å². The maximum atomic E-state index is 12.2. The lowest BCUT2D eigenvalue weighted by molar-refractivity contribution is 0.0695. The molecule has 100 valence electrons. The highest BCUT2D eigenvalue weighted by molar-refractivity contribution is 5.96. The van der Waals surface area contributed by atoms with Gasteiger partial charge in [0, 0.05) is 11.6 Å². The molecule has 0 aliphatic rings. The zero-order valence-corrected chi connectivity index (χ0v) is 10.1. The maximum absolute atomic E-state index is 12.2. The highest BCUT2D eigenvalue weighted by Gasteiger charge is 2.13. The molecule has 0 aliphatic carbocycles. The molecule has 0 unspecified atom stereocenters. The van der Waals surface area contributed by atoms with Gasteiger partial charge in [0.1, 0.15) is 17.9 Å². The standard InChI is InChI=1S/C13H11F2NO3/c1-7-2-8-3-9(13(17)18)4-10(12(8)16-5-7)19-6-11(14)15/h2-5,11H,6H2,1H3,(H,17,18). The third kappa shape index (κ3) is 2.96. The molecule has 2 aromatic rings. The largest absolute Gasteiger partial charge is 0.485 e. The van der Waals surface area contributed by atoms with Crippen LogP contribution in [0.15, 0.2) is 24.4 Å². The highest BCUT2D eigenvalue weighted by Crippen LogP contribution is 2.27. The Morgan fingerprint density at radius 1 is 1.42 bits per heavy atom. The topological polar surface area (TPSA) is 59.4 Å². The summed E-state index contributed by atoms with van der Waals surface area (Å²) in [4.78, 5) is 15.1. The van der Waals surface area contributed by atoms with Gasteiger partial charge in [-0.3, -0.25) is 4.98 Å². The second kappa shape index (κ2) is 5.17. The number of carboxylic acid groups (broad SMARTS) is 1. The fourth-order valence-corrected chi connectivity index (χ4v) is 1.71. The molecule has 0 atom stereocenters. The molecular weight excluding hydrogens is 256 g/mol. The molecule has 19 heavy (non-hydrogen) atoms. The molecule has 0 saturated heterocycles. The number of aryl methyl sites for hydroxylation is 1. The van der Waals surface area contributed by atoms with E-state index in [9.17, 15) is 13.6 Å². The van der Waals surface area contributed by atoms with Gasteiger partial charge in [0.2, 0.25) is 0 Å². The van der Waals surface area contributed by atoms with Crippen LogP contribution in [-0.4, -0.2) is 29.1 Å².